The van der Waals surface area contributed by atoms with Crippen LogP contribution in [0.5, 0.6) is 5.75 Å². The van der Waals surface area contributed by atoms with Gasteiger partial charge in [-0.2, -0.15) is 0 Å². The van der Waals surface area contributed by atoms with Gasteiger partial charge in [0.25, 0.3) is 5.91 Å². The SMILES string of the molecule is CCOc1ccccc1NC(=O)COC(=O)[C@@H]1CC(=O)N(CCc2ccccc2)C1. The van der Waals surface area contributed by atoms with Gasteiger partial charge in [-0.3, -0.25) is 14.4 Å². The highest BCUT2D eigenvalue weighted by Gasteiger charge is 2.35. The molecule has 0 aliphatic carbocycles. The molecule has 0 unspecified atom stereocenters. The number of nitrogens with one attached hydrogen (secondary N) is 1. The molecule has 1 saturated heterocycles. The Morgan fingerprint density at radius 2 is 1.83 bits per heavy atom. The number of likely N-dealkylation sites (tertiary alicyclic amines) is 1. The Morgan fingerprint density at radius 1 is 1.10 bits per heavy atom. The molecule has 0 radical (unpaired) electrons. The fourth-order valence-corrected chi connectivity index (χ4v) is 3.35. The number of hydrogen-bond donors (Lipinski definition) is 1. The van der Waals surface area contributed by atoms with Gasteiger partial charge in [-0.05, 0) is 31.0 Å². The highest BCUT2D eigenvalue weighted by atomic mass is 16.5. The number of ether oxygens (including phenoxy) is 2. The average Bonchev–Trinajstić information content (AvgIpc) is 3.13. The van der Waals surface area contributed by atoms with Crippen LogP contribution in [0.2, 0.25) is 0 Å². The molecule has 1 atom stereocenters. The van der Waals surface area contributed by atoms with E-state index in [1.165, 1.54) is 0 Å². The molecule has 30 heavy (non-hydrogen) atoms. The molecule has 0 aromatic heterocycles. The average molecular weight is 410 g/mol. The Morgan fingerprint density at radius 3 is 2.60 bits per heavy atom. The van der Waals surface area contributed by atoms with E-state index in [9.17, 15) is 14.4 Å². The molecule has 1 fully saturated rings. The van der Waals surface area contributed by atoms with E-state index < -0.39 is 24.4 Å². The van der Waals surface area contributed by atoms with Gasteiger partial charge in [0.1, 0.15) is 5.75 Å². The van der Waals surface area contributed by atoms with E-state index in [2.05, 4.69) is 5.32 Å². The summed E-state index contributed by atoms with van der Waals surface area (Å²) >= 11 is 0. The lowest BCUT2D eigenvalue weighted by atomic mass is 10.1. The third kappa shape index (κ3) is 5.83. The van der Waals surface area contributed by atoms with Crippen LogP contribution in [0.25, 0.3) is 0 Å². The van der Waals surface area contributed by atoms with Crippen LogP contribution >= 0.6 is 0 Å². The number of nitrogens with zero attached hydrogens (tertiary/aromatic N) is 1. The van der Waals surface area contributed by atoms with Crippen LogP contribution < -0.4 is 10.1 Å². The van der Waals surface area contributed by atoms with Crippen molar-refractivity contribution in [3.05, 3.63) is 60.2 Å². The van der Waals surface area contributed by atoms with Gasteiger partial charge in [0, 0.05) is 19.5 Å². The first-order valence-electron chi connectivity index (χ1n) is 10.1. The number of benzene rings is 2. The van der Waals surface area contributed by atoms with Crippen LogP contribution in [-0.2, 0) is 25.5 Å². The summed E-state index contributed by atoms with van der Waals surface area (Å²) in [7, 11) is 0. The zero-order valence-electron chi connectivity index (χ0n) is 17.0. The highest BCUT2D eigenvalue weighted by molar-refractivity contribution is 5.94. The summed E-state index contributed by atoms with van der Waals surface area (Å²) < 4.78 is 10.6. The Kier molecular flexibility index (Phi) is 7.43. The number of carbonyl (C=O) groups excluding carboxylic acids is 3. The predicted octanol–water partition coefficient (Wildman–Crippen LogP) is 2.66. The summed E-state index contributed by atoms with van der Waals surface area (Å²) in [6.45, 7) is 2.79. The van der Waals surface area contributed by atoms with Crippen molar-refractivity contribution in [2.24, 2.45) is 5.92 Å². The van der Waals surface area contributed by atoms with Gasteiger partial charge in [-0.1, -0.05) is 42.5 Å². The minimum Gasteiger partial charge on any atom is -0.492 e. The summed E-state index contributed by atoms with van der Waals surface area (Å²) in [6.07, 6.45) is 0.846. The number of carbonyl (C=O) groups is 3. The quantitative estimate of drug-likeness (QED) is 0.643. The molecule has 1 aliphatic rings. The van der Waals surface area contributed by atoms with Gasteiger partial charge in [-0.25, -0.2) is 0 Å². The first-order valence-corrected chi connectivity index (χ1v) is 10.1. The molecule has 3 rings (SSSR count). The monoisotopic (exact) mass is 410 g/mol. The highest BCUT2D eigenvalue weighted by Crippen LogP contribution is 2.24. The second-order valence-electron chi connectivity index (χ2n) is 7.06. The Balaban J connectivity index is 1.45. The van der Waals surface area contributed by atoms with Gasteiger partial charge in [0.2, 0.25) is 5.91 Å². The van der Waals surface area contributed by atoms with E-state index in [4.69, 9.17) is 9.47 Å². The number of hydrogen-bond acceptors (Lipinski definition) is 5. The number of rotatable bonds is 9. The van der Waals surface area contributed by atoms with Gasteiger partial charge in [0.15, 0.2) is 6.61 Å². The van der Waals surface area contributed by atoms with Crippen LogP contribution in [0.4, 0.5) is 5.69 Å². The molecule has 1 aliphatic heterocycles. The zero-order chi connectivity index (χ0) is 21.3. The normalized spacial score (nSPS) is 15.7. The second kappa shape index (κ2) is 10.4. The van der Waals surface area contributed by atoms with Gasteiger partial charge >= 0.3 is 5.97 Å². The number of para-hydroxylation sites is 2. The maximum atomic E-state index is 12.3. The topological polar surface area (TPSA) is 84.9 Å². The summed E-state index contributed by atoms with van der Waals surface area (Å²) in [5.41, 5.74) is 1.66. The molecule has 158 valence electrons. The van der Waals surface area contributed by atoms with Gasteiger partial charge in [0.05, 0.1) is 18.2 Å². The van der Waals surface area contributed by atoms with E-state index in [-0.39, 0.29) is 12.3 Å². The molecule has 2 aromatic rings. The third-order valence-electron chi connectivity index (χ3n) is 4.87. The third-order valence-corrected chi connectivity index (χ3v) is 4.87. The van der Waals surface area contributed by atoms with Crippen LogP contribution in [0.1, 0.15) is 18.9 Å². The molecular weight excluding hydrogens is 384 g/mol. The lowest BCUT2D eigenvalue weighted by Gasteiger charge is -2.16. The Hall–Kier alpha value is -3.35. The maximum Gasteiger partial charge on any atom is 0.311 e. The molecular formula is C23H26N2O5. The van der Waals surface area contributed by atoms with E-state index in [1.807, 2.05) is 37.3 Å². The molecule has 1 heterocycles. The standard InChI is InChI=1S/C23H26N2O5/c1-2-29-20-11-7-6-10-19(20)24-21(26)16-30-23(28)18-14-22(27)25(15-18)13-12-17-8-4-3-5-9-17/h3-11,18H,2,12-16H2,1H3,(H,24,26)/t18-/m1/s1. The van der Waals surface area contributed by atoms with E-state index in [1.54, 1.807) is 29.2 Å². The van der Waals surface area contributed by atoms with E-state index in [0.29, 0.717) is 31.1 Å². The predicted molar refractivity (Wildman–Crippen MR) is 112 cm³/mol. The van der Waals surface area contributed by atoms with Crippen LogP contribution in [0, 0.1) is 5.92 Å². The Labute approximate surface area is 176 Å². The Bertz CT molecular complexity index is 884. The summed E-state index contributed by atoms with van der Waals surface area (Å²) in [4.78, 5) is 38.4. The lowest BCUT2D eigenvalue weighted by Crippen LogP contribution is -2.29. The van der Waals surface area contributed by atoms with Crippen molar-refractivity contribution in [2.45, 2.75) is 19.8 Å². The van der Waals surface area contributed by atoms with E-state index >= 15 is 0 Å². The molecule has 0 bridgehead atoms. The van der Waals surface area contributed by atoms with Crippen molar-refractivity contribution < 1.29 is 23.9 Å². The molecule has 0 saturated carbocycles. The van der Waals surface area contributed by atoms with Crippen molar-refractivity contribution in [1.82, 2.24) is 4.90 Å². The minimum atomic E-state index is -0.545. The number of anilines is 1. The number of esters is 1. The van der Waals surface area contributed by atoms with Gasteiger partial charge in [-0.15, -0.1) is 0 Å². The first kappa shape index (κ1) is 21.4. The summed E-state index contributed by atoms with van der Waals surface area (Å²) in [6, 6.07) is 16.9. The zero-order valence-corrected chi connectivity index (χ0v) is 17.0. The fraction of sp³-hybridized carbons (Fsp3) is 0.348. The van der Waals surface area contributed by atoms with Crippen LogP contribution in [0.3, 0.4) is 0 Å². The first-order chi connectivity index (χ1) is 14.6. The minimum absolute atomic E-state index is 0.0667. The van der Waals surface area contributed by atoms with Crippen molar-refractivity contribution in [3.63, 3.8) is 0 Å². The van der Waals surface area contributed by atoms with Crippen LogP contribution in [0.15, 0.2) is 54.6 Å². The second-order valence-corrected chi connectivity index (χ2v) is 7.06. The van der Waals surface area contributed by atoms with Gasteiger partial charge < -0.3 is 19.7 Å². The summed E-state index contributed by atoms with van der Waals surface area (Å²) in [5, 5.41) is 2.68. The molecule has 1 N–H and O–H groups in total. The fourth-order valence-electron chi connectivity index (χ4n) is 3.35. The number of amides is 2. The van der Waals surface area contributed by atoms with E-state index in [0.717, 1.165) is 12.0 Å². The van der Waals surface area contributed by atoms with Crippen LogP contribution in [-0.4, -0.2) is 49.0 Å². The lowest BCUT2D eigenvalue weighted by molar-refractivity contribution is -0.151. The summed E-state index contributed by atoms with van der Waals surface area (Å²) in [5.74, 6) is -1.05. The van der Waals surface area contributed by atoms with Crippen molar-refractivity contribution in [2.75, 3.05) is 31.6 Å². The molecule has 0 spiro atoms. The molecule has 2 amide bonds. The molecule has 7 nitrogen and oxygen atoms in total. The van der Waals surface area contributed by atoms with Crippen molar-refractivity contribution in [3.8, 4) is 5.75 Å². The van der Waals surface area contributed by atoms with Crippen molar-refractivity contribution in [1.29, 1.82) is 0 Å². The maximum absolute atomic E-state index is 12.3. The largest absolute Gasteiger partial charge is 0.492 e. The smallest absolute Gasteiger partial charge is 0.311 e. The molecule has 2 aromatic carbocycles. The molecule has 7 heteroatoms. The van der Waals surface area contributed by atoms with Crippen molar-refractivity contribution >= 4 is 23.5 Å².